The number of sulfonamides is 1. The van der Waals surface area contributed by atoms with Crippen LogP contribution in [0, 0.1) is 5.92 Å². The summed E-state index contributed by atoms with van der Waals surface area (Å²) in [6.07, 6.45) is 1.99. The maximum Gasteiger partial charge on any atom is 0.387 e. The molecule has 2 atom stereocenters. The van der Waals surface area contributed by atoms with E-state index in [1.807, 2.05) is 0 Å². The molecule has 1 aliphatic carbocycles. The highest BCUT2D eigenvalue weighted by molar-refractivity contribution is 8.02. The first-order valence-electron chi connectivity index (χ1n) is 15.0. The molecule has 2 aromatic carbocycles. The maximum atomic E-state index is 13.8. The summed E-state index contributed by atoms with van der Waals surface area (Å²) in [7, 11) is -4.14. The fourth-order valence-electron chi connectivity index (χ4n) is 5.31. The number of ether oxygens (including phenoxy) is 3. The van der Waals surface area contributed by atoms with E-state index in [-0.39, 0.29) is 40.3 Å². The van der Waals surface area contributed by atoms with E-state index in [1.54, 1.807) is 24.0 Å². The fraction of sp³-hybridized carbons (Fsp3) is 0.438. The molecular weight excluding hydrogens is 697 g/mol. The van der Waals surface area contributed by atoms with Gasteiger partial charge in [0.05, 0.1) is 11.5 Å². The van der Waals surface area contributed by atoms with Gasteiger partial charge in [-0.05, 0) is 79.6 Å². The van der Waals surface area contributed by atoms with E-state index < -0.39 is 34.1 Å². The van der Waals surface area contributed by atoms with Crippen molar-refractivity contribution in [3.05, 3.63) is 70.2 Å². The highest BCUT2D eigenvalue weighted by Crippen LogP contribution is 2.40. The van der Waals surface area contributed by atoms with E-state index in [4.69, 9.17) is 32.7 Å². The second kappa shape index (κ2) is 15.1. The standard InChI is InChI=1S/C32H34Cl2F2N2O7S2/c1-19(33)25(20(2)34)17-27(22-7-12-26(45-32(35)36)28(16-22)43-18-21-5-6-21)44-31(40)30-38(14-15-46-30)47(41,42)24-10-8-23(9-11-24)37-13-3-4-29(37)39/h7-12,16,21,27,30,32H,1,3-6,13-15,17-18H2,2H3/b25-20+/t27-,30-/m0/s1. The number of anilines is 1. The number of rotatable bonds is 14. The Balaban J connectivity index is 1.40. The van der Waals surface area contributed by atoms with Crippen molar-refractivity contribution in [1.29, 1.82) is 0 Å². The Bertz CT molecular complexity index is 1650. The van der Waals surface area contributed by atoms with Gasteiger partial charge in [-0.15, -0.1) is 11.8 Å². The molecule has 15 heteroatoms. The van der Waals surface area contributed by atoms with Crippen molar-refractivity contribution in [2.45, 2.75) is 62.0 Å². The van der Waals surface area contributed by atoms with Crippen LogP contribution in [0.1, 0.15) is 50.7 Å². The number of thioether (sulfide) groups is 1. The van der Waals surface area contributed by atoms with Gasteiger partial charge in [0.1, 0.15) is 6.10 Å². The van der Waals surface area contributed by atoms with Gasteiger partial charge < -0.3 is 19.1 Å². The van der Waals surface area contributed by atoms with Gasteiger partial charge in [0, 0.05) is 47.4 Å². The average molecular weight is 732 g/mol. The lowest BCUT2D eigenvalue weighted by Gasteiger charge is -2.26. The van der Waals surface area contributed by atoms with E-state index in [1.165, 1.54) is 30.3 Å². The molecule has 0 bridgehead atoms. The van der Waals surface area contributed by atoms with Crippen molar-refractivity contribution in [2.75, 3.05) is 30.3 Å². The number of carbonyl (C=O) groups excluding carboxylic acids is 2. The molecule has 2 saturated heterocycles. The Labute approximate surface area is 286 Å². The molecule has 2 aliphatic heterocycles. The minimum atomic E-state index is -4.14. The molecule has 0 spiro atoms. The van der Waals surface area contributed by atoms with Gasteiger partial charge in [-0.2, -0.15) is 13.1 Å². The summed E-state index contributed by atoms with van der Waals surface area (Å²) in [6.45, 7) is 3.20. The van der Waals surface area contributed by atoms with Crippen LogP contribution in [-0.2, 0) is 24.3 Å². The molecule has 9 nitrogen and oxygen atoms in total. The van der Waals surface area contributed by atoms with Gasteiger partial charge in [0.15, 0.2) is 16.9 Å². The van der Waals surface area contributed by atoms with E-state index in [0.717, 1.165) is 35.3 Å². The zero-order chi connectivity index (χ0) is 33.9. The lowest BCUT2D eigenvalue weighted by molar-refractivity contribution is -0.150. The number of halogens is 4. The number of nitrogens with zero attached hydrogens (tertiary/aromatic N) is 2. The quantitative estimate of drug-likeness (QED) is 0.149. The third-order valence-electron chi connectivity index (χ3n) is 8.00. The third kappa shape index (κ3) is 8.61. The Morgan fingerprint density at radius 3 is 2.43 bits per heavy atom. The van der Waals surface area contributed by atoms with Crippen LogP contribution in [0.4, 0.5) is 14.5 Å². The van der Waals surface area contributed by atoms with Crippen LogP contribution in [-0.4, -0.2) is 62.0 Å². The van der Waals surface area contributed by atoms with Gasteiger partial charge in [0.25, 0.3) is 0 Å². The van der Waals surface area contributed by atoms with Crippen molar-refractivity contribution in [3.8, 4) is 11.5 Å². The molecule has 47 heavy (non-hydrogen) atoms. The zero-order valence-corrected chi connectivity index (χ0v) is 28.6. The van der Waals surface area contributed by atoms with Crippen molar-refractivity contribution in [3.63, 3.8) is 0 Å². The summed E-state index contributed by atoms with van der Waals surface area (Å²) in [6, 6.07) is 10.2. The molecule has 1 amide bonds. The number of esters is 1. The number of allylic oxidation sites excluding steroid dienone is 2. The van der Waals surface area contributed by atoms with Crippen molar-refractivity contribution in [1.82, 2.24) is 4.31 Å². The minimum Gasteiger partial charge on any atom is -0.489 e. The first kappa shape index (κ1) is 35.5. The van der Waals surface area contributed by atoms with Crippen LogP contribution in [0.25, 0.3) is 0 Å². The molecule has 0 aromatic heterocycles. The minimum absolute atomic E-state index is 0.0215. The van der Waals surface area contributed by atoms with Crippen LogP contribution in [0.2, 0.25) is 0 Å². The van der Waals surface area contributed by atoms with Crippen LogP contribution in [0.3, 0.4) is 0 Å². The lowest BCUT2D eigenvalue weighted by Crippen LogP contribution is -2.40. The molecule has 0 N–H and O–H groups in total. The molecule has 1 saturated carbocycles. The average Bonchev–Trinajstić information content (AvgIpc) is 3.52. The fourth-order valence-corrected chi connectivity index (χ4v) is 8.82. The molecular formula is C32H34Cl2F2N2O7S2. The predicted octanol–water partition coefficient (Wildman–Crippen LogP) is 7.21. The Morgan fingerprint density at radius 2 is 1.83 bits per heavy atom. The van der Waals surface area contributed by atoms with E-state index in [9.17, 15) is 26.8 Å². The molecule has 2 heterocycles. The monoisotopic (exact) mass is 730 g/mol. The summed E-state index contributed by atoms with van der Waals surface area (Å²) in [4.78, 5) is 27.5. The molecule has 2 aromatic rings. The maximum absolute atomic E-state index is 13.8. The number of hydrogen-bond acceptors (Lipinski definition) is 8. The molecule has 3 aliphatic rings. The highest BCUT2D eigenvalue weighted by Gasteiger charge is 2.42. The number of hydrogen-bond donors (Lipinski definition) is 0. The summed E-state index contributed by atoms with van der Waals surface area (Å²) >= 11 is 13.6. The van der Waals surface area contributed by atoms with E-state index in [0.29, 0.717) is 53.1 Å². The first-order valence-corrected chi connectivity index (χ1v) is 18.3. The highest BCUT2D eigenvalue weighted by atomic mass is 35.5. The van der Waals surface area contributed by atoms with Gasteiger partial charge >= 0.3 is 12.6 Å². The van der Waals surface area contributed by atoms with Gasteiger partial charge in [-0.1, -0.05) is 35.8 Å². The summed E-state index contributed by atoms with van der Waals surface area (Å²) in [5.41, 5.74) is 1.36. The largest absolute Gasteiger partial charge is 0.489 e. The van der Waals surface area contributed by atoms with Crippen molar-refractivity contribution >= 4 is 62.6 Å². The second-order valence-corrected chi connectivity index (χ2v) is 15.5. The van der Waals surface area contributed by atoms with Crippen LogP contribution < -0.4 is 14.4 Å². The molecule has 0 unspecified atom stereocenters. The Hall–Kier alpha value is -2.84. The molecule has 5 rings (SSSR count). The smallest absolute Gasteiger partial charge is 0.387 e. The third-order valence-corrected chi connectivity index (χ3v) is 11.6. The van der Waals surface area contributed by atoms with Crippen molar-refractivity contribution in [2.24, 2.45) is 5.92 Å². The molecule has 254 valence electrons. The van der Waals surface area contributed by atoms with E-state index in [2.05, 4.69) is 11.3 Å². The topological polar surface area (TPSA) is 102 Å². The Morgan fingerprint density at radius 1 is 1.11 bits per heavy atom. The second-order valence-electron chi connectivity index (χ2n) is 11.4. The zero-order valence-electron chi connectivity index (χ0n) is 25.5. The van der Waals surface area contributed by atoms with Crippen LogP contribution in [0.5, 0.6) is 11.5 Å². The van der Waals surface area contributed by atoms with Gasteiger partial charge in [0.2, 0.25) is 15.9 Å². The van der Waals surface area contributed by atoms with Gasteiger partial charge in [-0.25, -0.2) is 13.2 Å². The van der Waals surface area contributed by atoms with Crippen LogP contribution in [0.15, 0.2) is 69.6 Å². The SMILES string of the molecule is C=C(Cl)/C(C[C@H](OC(=O)[C@@H]1SCCN1S(=O)(=O)c1ccc(N2CCCC2=O)cc1)c1ccc(OC(F)F)c(OCC2CC2)c1)=C(\C)Cl. The molecule has 0 radical (unpaired) electrons. The number of amides is 1. The first-order chi connectivity index (χ1) is 22.3. The summed E-state index contributed by atoms with van der Waals surface area (Å²) in [5, 5.41) is -0.801. The van der Waals surface area contributed by atoms with E-state index >= 15 is 0 Å². The predicted molar refractivity (Wildman–Crippen MR) is 176 cm³/mol. The summed E-state index contributed by atoms with van der Waals surface area (Å²) in [5.74, 6) is -0.331. The molecule has 3 fully saturated rings. The number of benzene rings is 2. The summed E-state index contributed by atoms with van der Waals surface area (Å²) < 4.78 is 71.3. The van der Waals surface area contributed by atoms with Crippen LogP contribution >= 0.6 is 35.0 Å². The van der Waals surface area contributed by atoms with Crippen molar-refractivity contribution < 1.29 is 41.0 Å². The Kier molecular flexibility index (Phi) is 11.4. The normalized spacial score (nSPS) is 19.9. The van der Waals surface area contributed by atoms with Gasteiger partial charge in [-0.3, -0.25) is 4.79 Å². The number of alkyl halides is 2. The number of carbonyl (C=O) groups is 2. The lowest BCUT2D eigenvalue weighted by atomic mass is 10.00.